The van der Waals surface area contributed by atoms with Crippen molar-refractivity contribution >= 4 is 11.5 Å². The summed E-state index contributed by atoms with van der Waals surface area (Å²) < 4.78 is 1.28. The second-order valence-corrected chi connectivity index (χ2v) is 4.91. The molecule has 1 aliphatic carbocycles. The van der Waals surface area contributed by atoms with Gasteiger partial charge in [0, 0.05) is 5.54 Å². The average Bonchev–Trinajstić information content (AvgIpc) is 2.87. The third kappa shape index (κ3) is 1.79. The van der Waals surface area contributed by atoms with Gasteiger partial charge in [-0.2, -0.15) is 9.61 Å². The lowest BCUT2D eigenvalue weighted by atomic mass is 10.0. The molecule has 0 amide bonds. The fraction of sp³-hybridized carbons (Fsp3) is 0.545. The standard InChI is InChI=1S/C11H15N5O/c1-11(6-2-3-7-11)12-8-4-5-9-13-14-10(17)16(9)15-8/h4-5H,2-3,6-7H2,1H3,(H,12,15)(H,14,17). The Morgan fingerprint density at radius 1 is 1.41 bits per heavy atom. The largest absolute Gasteiger partial charge is 0.364 e. The molecule has 0 unspecified atom stereocenters. The van der Waals surface area contributed by atoms with Crippen molar-refractivity contribution in [2.24, 2.45) is 0 Å². The van der Waals surface area contributed by atoms with Crippen LogP contribution in [0.15, 0.2) is 16.9 Å². The number of hydrogen-bond donors (Lipinski definition) is 2. The van der Waals surface area contributed by atoms with Crippen LogP contribution in [0.3, 0.4) is 0 Å². The van der Waals surface area contributed by atoms with Crippen molar-refractivity contribution in [3.8, 4) is 0 Å². The van der Waals surface area contributed by atoms with E-state index < -0.39 is 0 Å². The number of anilines is 1. The highest BCUT2D eigenvalue weighted by Gasteiger charge is 2.28. The van der Waals surface area contributed by atoms with Gasteiger partial charge in [-0.15, -0.1) is 5.10 Å². The van der Waals surface area contributed by atoms with Crippen LogP contribution in [0.2, 0.25) is 0 Å². The van der Waals surface area contributed by atoms with Gasteiger partial charge in [0.2, 0.25) is 0 Å². The van der Waals surface area contributed by atoms with E-state index in [2.05, 4.69) is 27.5 Å². The van der Waals surface area contributed by atoms with Crippen LogP contribution in [0.1, 0.15) is 32.6 Å². The smallest absolute Gasteiger partial charge is 0.363 e. The number of aromatic amines is 1. The van der Waals surface area contributed by atoms with Gasteiger partial charge in [-0.05, 0) is 31.9 Å². The first kappa shape index (κ1) is 10.3. The number of nitrogens with zero attached hydrogens (tertiary/aromatic N) is 3. The van der Waals surface area contributed by atoms with E-state index in [1.807, 2.05) is 6.07 Å². The second kappa shape index (κ2) is 3.58. The van der Waals surface area contributed by atoms with E-state index in [9.17, 15) is 4.79 Å². The van der Waals surface area contributed by atoms with Crippen molar-refractivity contribution in [2.75, 3.05) is 5.32 Å². The molecule has 2 N–H and O–H groups in total. The second-order valence-electron chi connectivity index (χ2n) is 4.91. The third-order valence-electron chi connectivity index (χ3n) is 3.41. The third-order valence-corrected chi connectivity index (χ3v) is 3.41. The van der Waals surface area contributed by atoms with Crippen molar-refractivity contribution in [1.29, 1.82) is 0 Å². The zero-order chi connectivity index (χ0) is 11.9. The molecule has 3 rings (SSSR count). The highest BCUT2D eigenvalue weighted by atomic mass is 16.2. The van der Waals surface area contributed by atoms with Gasteiger partial charge in [0.25, 0.3) is 0 Å². The van der Waals surface area contributed by atoms with E-state index in [1.54, 1.807) is 6.07 Å². The minimum Gasteiger partial charge on any atom is -0.363 e. The number of rotatable bonds is 2. The summed E-state index contributed by atoms with van der Waals surface area (Å²) in [4.78, 5) is 11.4. The molecule has 1 saturated carbocycles. The zero-order valence-electron chi connectivity index (χ0n) is 9.73. The van der Waals surface area contributed by atoms with Crippen LogP contribution in [-0.2, 0) is 0 Å². The molecule has 0 aromatic carbocycles. The summed E-state index contributed by atoms with van der Waals surface area (Å²) >= 11 is 0. The lowest BCUT2D eigenvalue weighted by Crippen LogP contribution is -2.31. The van der Waals surface area contributed by atoms with Crippen molar-refractivity contribution in [2.45, 2.75) is 38.1 Å². The SMILES string of the molecule is CC1(Nc2ccc3n[nH]c(=O)n3n2)CCCC1. The van der Waals surface area contributed by atoms with Crippen molar-refractivity contribution in [3.05, 3.63) is 22.6 Å². The van der Waals surface area contributed by atoms with E-state index in [0.717, 1.165) is 18.7 Å². The summed E-state index contributed by atoms with van der Waals surface area (Å²) in [5, 5.41) is 13.9. The lowest BCUT2D eigenvalue weighted by molar-refractivity contribution is 0.529. The fourth-order valence-electron chi connectivity index (χ4n) is 2.46. The highest BCUT2D eigenvalue weighted by molar-refractivity contribution is 5.44. The first-order valence-electron chi connectivity index (χ1n) is 5.89. The van der Waals surface area contributed by atoms with Gasteiger partial charge in [0.15, 0.2) is 5.65 Å². The van der Waals surface area contributed by atoms with Gasteiger partial charge in [-0.25, -0.2) is 9.89 Å². The van der Waals surface area contributed by atoms with E-state index in [-0.39, 0.29) is 11.2 Å². The van der Waals surface area contributed by atoms with Gasteiger partial charge < -0.3 is 5.32 Å². The van der Waals surface area contributed by atoms with Gasteiger partial charge in [-0.1, -0.05) is 12.8 Å². The molecule has 0 atom stereocenters. The first-order valence-corrected chi connectivity index (χ1v) is 5.89. The van der Waals surface area contributed by atoms with E-state index in [4.69, 9.17) is 0 Å². The lowest BCUT2D eigenvalue weighted by Gasteiger charge is -2.25. The van der Waals surface area contributed by atoms with Crippen LogP contribution >= 0.6 is 0 Å². The van der Waals surface area contributed by atoms with Crippen molar-refractivity contribution in [1.82, 2.24) is 19.8 Å². The molecule has 0 saturated heterocycles. The molecule has 0 spiro atoms. The number of fused-ring (bicyclic) bond motifs is 1. The topological polar surface area (TPSA) is 75.1 Å². The molecule has 90 valence electrons. The Labute approximate surface area is 98.0 Å². The van der Waals surface area contributed by atoms with Crippen LogP contribution in [-0.4, -0.2) is 25.4 Å². The number of hydrogen-bond acceptors (Lipinski definition) is 4. The molecular weight excluding hydrogens is 218 g/mol. The predicted octanol–water partition coefficient (Wildman–Crippen LogP) is 1.16. The van der Waals surface area contributed by atoms with Crippen molar-refractivity contribution < 1.29 is 0 Å². The highest BCUT2D eigenvalue weighted by Crippen LogP contribution is 2.31. The summed E-state index contributed by atoms with van der Waals surface area (Å²) in [5.74, 6) is 0.727. The molecule has 2 heterocycles. The maximum atomic E-state index is 11.4. The molecule has 2 aromatic heterocycles. The van der Waals surface area contributed by atoms with E-state index >= 15 is 0 Å². The summed E-state index contributed by atoms with van der Waals surface area (Å²) in [6, 6.07) is 3.64. The molecule has 0 aliphatic heterocycles. The number of H-pyrrole nitrogens is 1. The van der Waals surface area contributed by atoms with E-state index in [0.29, 0.717) is 5.65 Å². The van der Waals surface area contributed by atoms with Crippen LogP contribution in [0.4, 0.5) is 5.82 Å². The Morgan fingerprint density at radius 3 is 2.94 bits per heavy atom. The van der Waals surface area contributed by atoms with Crippen molar-refractivity contribution in [3.63, 3.8) is 0 Å². The van der Waals surface area contributed by atoms with Crippen LogP contribution in [0, 0.1) is 0 Å². The summed E-state index contributed by atoms with van der Waals surface area (Å²) in [5.41, 5.74) is 0.339. The monoisotopic (exact) mass is 233 g/mol. The van der Waals surface area contributed by atoms with E-state index in [1.165, 1.54) is 17.4 Å². The Bertz CT molecular complexity index is 593. The normalized spacial score (nSPS) is 18.6. The molecule has 2 aromatic rings. The molecule has 6 heteroatoms. The first-order chi connectivity index (χ1) is 8.16. The molecule has 6 nitrogen and oxygen atoms in total. The zero-order valence-corrected chi connectivity index (χ0v) is 9.73. The van der Waals surface area contributed by atoms with Gasteiger partial charge in [0.05, 0.1) is 0 Å². The Morgan fingerprint density at radius 2 is 2.18 bits per heavy atom. The van der Waals surface area contributed by atoms with Crippen LogP contribution in [0.25, 0.3) is 5.65 Å². The minimum atomic E-state index is -0.305. The van der Waals surface area contributed by atoms with Crippen LogP contribution < -0.4 is 11.0 Å². The molecule has 17 heavy (non-hydrogen) atoms. The Balaban J connectivity index is 1.95. The van der Waals surface area contributed by atoms with Gasteiger partial charge >= 0.3 is 5.69 Å². The number of aromatic nitrogens is 4. The van der Waals surface area contributed by atoms with Gasteiger partial charge in [-0.3, -0.25) is 0 Å². The minimum absolute atomic E-state index is 0.105. The summed E-state index contributed by atoms with van der Waals surface area (Å²) in [6.45, 7) is 2.20. The van der Waals surface area contributed by atoms with Gasteiger partial charge in [0.1, 0.15) is 5.82 Å². The maximum Gasteiger partial charge on any atom is 0.364 e. The fourth-order valence-corrected chi connectivity index (χ4v) is 2.46. The summed E-state index contributed by atoms with van der Waals surface area (Å²) in [6.07, 6.45) is 4.79. The molecule has 0 bridgehead atoms. The Kier molecular flexibility index (Phi) is 2.17. The molecule has 1 aliphatic rings. The quantitative estimate of drug-likeness (QED) is 0.816. The molecule has 1 fully saturated rings. The maximum absolute atomic E-state index is 11.4. The molecule has 0 radical (unpaired) electrons. The average molecular weight is 233 g/mol. The number of nitrogens with one attached hydrogen (secondary N) is 2. The summed E-state index contributed by atoms with van der Waals surface area (Å²) in [7, 11) is 0. The molecular formula is C11H15N5O. The Hall–Kier alpha value is -1.85. The van der Waals surface area contributed by atoms with Crippen LogP contribution in [0.5, 0.6) is 0 Å². The predicted molar refractivity (Wildman–Crippen MR) is 64.1 cm³/mol.